The molecule has 2 aromatic rings. The molecule has 16 nitrogen and oxygen atoms in total. The number of pyridine rings is 1. The molecule has 1 unspecified atom stereocenters. The molecule has 3 fully saturated rings. The Kier molecular flexibility index (Phi) is 14.6. The summed E-state index contributed by atoms with van der Waals surface area (Å²) >= 11 is 0. The Morgan fingerprint density at radius 3 is 2.36 bits per heavy atom. The van der Waals surface area contributed by atoms with Gasteiger partial charge in [-0.3, -0.25) is 24.0 Å². The highest BCUT2D eigenvalue weighted by atomic mass is 16.6. The number of hydrogen-bond acceptors (Lipinski definition) is 11. The van der Waals surface area contributed by atoms with Crippen LogP contribution in [0.25, 0.3) is 10.9 Å². The zero-order chi connectivity index (χ0) is 39.5. The molecule has 3 atom stereocenters. The van der Waals surface area contributed by atoms with Crippen LogP contribution in [0.3, 0.4) is 0 Å². The van der Waals surface area contributed by atoms with E-state index < -0.39 is 36.0 Å². The van der Waals surface area contributed by atoms with Crippen LogP contribution in [-0.2, 0) is 33.4 Å². The second-order valence-corrected chi connectivity index (χ2v) is 14.3. The van der Waals surface area contributed by atoms with E-state index in [4.69, 9.17) is 18.9 Å². The molecule has 3 aliphatic rings. The van der Waals surface area contributed by atoms with Crippen LogP contribution < -0.4 is 15.4 Å². The molecule has 0 bridgehead atoms. The van der Waals surface area contributed by atoms with E-state index in [1.165, 1.54) is 11.0 Å². The number of nitrogens with zero attached hydrogens (tertiary/aromatic N) is 4. The highest BCUT2D eigenvalue weighted by molar-refractivity contribution is 5.99. The Balaban J connectivity index is 1.30. The van der Waals surface area contributed by atoms with E-state index in [0.29, 0.717) is 36.7 Å². The predicted molar refractivity (Wildman–Crippen MR) is 200 cm³/mol. The minimum Gasteiger partial charge on any atom is -0.483 e. The number of amides is 5. The van der Waals surface area contributed by atoms with Gasteiger partial charge in [-0.2, -0.15) is 0 Å². The molecule has 1 saturated carbocycles. The van der Waals surface area contributed by atoms with Crippen LogP contribution in [0.2, 0.25) is 0 Å². The standard InChI is InChI=1S/C39H54N6O10/c1-5-53-39(51)44-19-17-43(18-20-44)38(50)29(13-14-35(47)54-21-15-26(3)52-4)42-36(48)31-23-33(28-12-11-25(2)22-30(28)41-31)55-24-34(46)45-16-7-10-32(45)37(49)40-27-8-6-9-27/h11-12,22-23,26-27,29,32H,5-10,13-21,24H2,1-4H3,(H,40,49)(H,42,48)/t26-,29?,32-/m0/s1. The number of esters is 1. The molecule has 2 saturated heterocycles. The first-order valence-corrected chi connectivity index (χ1v) is 19.3. The summed E-state index contributed by atoms with van der Waals surface area (Å²) in [6, 6.07) is 5.37. The molecule has 5 amide bonds. The second kappa shape index (κ2) is 19.6. The summed E-state index contributed by atoms with van der Waals surface area (Å²) in [6.45, 7) is 6.85. The van der Waals surface area contributed by atoms with Gasteiger partial charge in [-0.25, -0.2) is 9.78 Å². The number of aryl methyl sites for hydroxylation is 1. The zero-order valence-corrected chi connectivity index (χ0v) is 32.3. The number of benzene rings is 1. The SMILES string of the molecule is CCOC(=O)N1CCN(C(=O)C(CCC(=O)OCC[C@H](C)OC)NC(=O)c2cc(OCC(=O)N3CCC[C@H]3C(=O)NC3CCC3)c3ccc(C)cc3n2)CC1. The fourth-order valence-electron chi connectivity index (χ4n) is 6.78. The van der Waals surface area contributed by atoms with Gasteiger partial charge in [0.2, 0.25) is 11.8 Å². The third kappa shape index (κ3) is 11.0. The predicted octanol–water partition coefficient (Wildman–Crippen LogP) is 2.73. The number of rotatable bonds is 16. The summed E-state index contributed by atoms with van der Waals surface area (Å²) in [7, 11) is 1.57. The summed E-state index contributed by atoms with van der Waals surface area (Å²) in [5.41, 5.74) is 1.27. The van der Waals surface area contributed by atoms with Crippen LogP contribution >= 0.6 is 0 Å². The van der Waals surface area contributed by atoms with Crippen LogP contribution in [0.1, 0.15) is 81.3 Å². The number of ether oxygens (including phenoxy) is 4. The summed E-state index contributed by atoms with van der Waals surface area (Å²) in [4.78, 5) is 88.3. The van der Waals surface area contributed by atoms with Crippen molar-refractivity contribution in [1.82, 2.24) is 30.3 Å². The Labute approximate surface area is 321 Å². The number of likely N-dealkylation sites (tertiary alicyclic amines) is 1. The monoisotopic (exact) mass is 766 g/mol. The molecule has 1 aromatic heterocycles. The van der Waals surface area contributed by atoms with E-state index in [0.717, 1.165) is 24.8 Å². The van der Waals surface area contributed by atoms with Crippen LogP contribution in [-0.4, -0.2) is 139 Å². The van der Waals surface area contributed by atoms with Gasteiger partial charge in [0.15, 0.2) is 6.61 Å². The molecule has 3 heterocycles. The number of carbonyl (C=O) groups excluding carboxylic acids is 6. The van der Waals surface area contributed by atoms with Gasteiger partial charge in [-0.15, -0.1) is 0 Å². The lowest BCUT2D eigenvalue weighted by atomic mass is 9.93. The van der Waals surface area contributed by atoms with Crippen LogP contribution in [0.15, 0.2) is 24.3 Å². The molecule has 300 valence electrons. The first kappa shape index (κ1) is 41.2. The fourth-order valence-corrected chi connectivity index (χ4v) is 6.78. The van der Waals surface area contributed by atoms with Gasteiger partial charge in [0, 0.05) is 70.2 Å². The van der Waals surface area contributed by atoms with Crippen molar-refractivity contribution in [3.8, 4) is 5.75 Å². The van der Waals surface area contributed by atoms with Crippen molar-refractivity contribution in [2.45, 2.75) is 96.4 Å². The maximum Gasteiger partial charge on any atom is 0.409 e. The number of methoxy groups -OCH3 is 1. The molecule has 55 heavy (non-hydrogen) atoms. The van der Waals surface area contributed by atoms with Crippen LogP contribution in [0, 0.1) is 6.92 Å². The third-order valence-corrected chi connectivity index (χ3v) is 10.4. The average Bonchev–Trinajstić information content (AvgIpc) is 3.67. The van der Waals surface area contributed by atoms with E-state index in [9.17, 15) is 28.8 Å². The topological polar surface area (TPSA) is 186 Å². The minimum absolute atomic E-state index is 0.0444. The molecule has 0 spiro atoms. The van der Waals surface area contributed by atoms with Crippen molar-refractivity contribution in [3.05, 3.63) is 35.5 Å². The first-order chi connectivity index (χ1) is 26.5. The minimum atomic E-state index is -1.12. The normalized spacial score (nSPS) is 18.3. The molecule has 0 radical (unpaired) electrons. The Morgan fingerprint density at radius 1 is 0.927 bits per heavy atom. The molecular formula is C39H54N6O10. The number of hydrogen-bond donors (Lipinski definition) is 2. The van der Waals surface area contributed by atoms with Crippen molar-refractivity contribution in [3.63, 3.8) is 0 Å². The Morgan fingerprint density at radius 2 is 1.67 bits per heavy atom. The molecule has 2 N–H and O–H groups in total. The lowest BCUT2D eigenvalue weighted by Gasteiger charge is -2.36. The second-order valence-electron chi connectivity index (χ2n) is 14.3. The molecular weight excluding hydrogens is 712 g/mol. The molecule has 16 heteroatoms. The third-order valence-electron chi connectivity index (χ3n) is 10.4. The van der Waals surface area contributed by atoms with Gasteiger partial charge in [0.05, 0.1) is 24.8 Å². The van der Waals surface area contributed by atoms with Crippen LogP contribution in [0.5, 0.6) is 5.75 Å². The summed E-state index contributed by atoms with van der Waals surface area (Å²) in [6.07, 6.45) is 4.03. The number of nitrogens with one attached hydrogen (secondary N) is 2. The maximum atomic E-state index is 13.9. The van der Waals surface area contributed by atoms with Gasteiger partial charge >= 0.3 is 12.1 Å². The van der Waals surface area contributed by atoms with E-state index >= 15 is 0 Å². The largest absolute Gasteiger partial charge is 0.483 e. The van der Waals surface area contributed by atoms with E-state index in [1.54, 1.807) is 36.0 Å². The summed E-state index contributed by atoms with van der Waals surface area (Å²) in [5.74, 6) is -1.87. The molecule has 1 aromatic carbocycles. The highest BCUT2D eigenvalue weighted by Gasteiger charge is 2.36. The van der Waals surface area contributed by atoms with Gasteiger partial charge in [-0.05, 0) is 77.0 Å². The average molecular weight is 767 g/mol. The van der Waals surface area contributed by atoms with Gasteiger partial charge < -0.3 is 44.3 Å². The number of aromatic nitrogens is 1. The van der Waals surface area contributed by atoms with E-state index in [1.807, 2.05) is 19.9 Å². The number of piperazine rings is 1. The maximum absolute atomic E-state index is 13.9. The fraction of sp³-hybridized carbons (Fsp3) is 0.615. The van der Waals surface area contributed by atoms with Crippen LogP contribution in [0.4, 0.5) is 4.79 Å². The quantitative estimate of drug-likeness (QED) is 0.240. The molecule has 5 rings (SSSR count). The number of carbonyl (C=O) groups is 6. The first-order valence-electron chi connectivity index (χ1n) is 19.3. The lowest BCUT2D eigenvalue weighted by Crippen LogP contribution is -2.56. The van der Waals surface area contributed by atoms with Crippen molar-refractivity contribution in [2.75, 3.05) is 59.7 Å². The summed E-state index contributed by atoms with van der Waals surface area (Å²) < 4.78 is 21.7. The van der Waals surface area contributed by atoms with Crippen molar-refractivity contribution < 1.29 is 47.7 Å². The Bertz CT molecular complexity index is 1710. The highest BCUT2D eigenvalue weighted by Crippen LogP contribution is 2.28. The van der Waals surface area contributed by atoms with Crippen molar-refractivity contribution in [1.29, 1.82) is 0 Å². The Hall–Kier alpha value is -4.99. The van der Waals surface area contributed by atoms with Crippen molar-refractivity contribution in [2.24, 2.45) is 0 Å². The van der Waals surface area contributed by atoms with Gasteiger partial charge in [0.1, 0.15) is 23.5 Å². The van der Waals surface area contributed by atoms with Crippen molar-refractivity contribution >= 4 is 46.6 Å². The lowest BCUT2D eigenvalue weighted by molar-refractivity contribution is -0.145. The van der Waals surface area contributed by atoms with E-state index in [2.05, 4.69) is 15.6 Å². The van der Waals surface area contributed by atoms with Gasteiger partial charge in [-0.1, -0.05) is 6.07 Å². The molecule has 1 aliphatic carbocycles. The van der Waals surface area contributed by atoms with E-state index in [-0.39, 0.29) is 94.2 Å². The summed E-state index contributed by atoms with van der Waals surface area (Å²) in [5, 5.41) is 6.41. The number of fused-ring (bicyclic) bond motifs is 1. The zero-order valence-electron chi connectivity index (χ0n) is 32.3. The molecule has 2 aliphatic heterocycles. The smallest absolute Gasteiger partial charge is 0.409 e. The van der Waals surface area contributed by atoms with Gasteiger partial charge in [0.25, 0.3) is 11.8 Å².